The Hall–Kier alpha value is -5.63. The first-order chi connectivity index (χ1) is 21.1. The normalized spacial score (nSPS) is 14.4. The molecule has 0 bridgehead atoms. The number of aromatic nitrogens is 1. The minimum Gasteiger partial charge on any atom is -0.493 e. The molecule has 0 radical (unpaired) electrons. The maximum atomic E-state index is 13.8. The number of fused-ring (bicyclic) bond motifs is 1. The first-order valence-electron chi connectivity index (χ1n) is 13.2. The van der Waals surface area contributed by atoms with Gasteiger partial charge in [0.25, 0.3) is 11.2 Å². The van der Waals surface area contributed by atoms with Crippen LogP contribution >= 0.6 is 11.3 Å². The van der Waals surface area contributed by atoms with Crippen molar-refractivity contribution in [2.45, 2.75) is 19.9 Å². The van der Waals surface area contributed by atoms with Crippen molar-refractivity contribution in [2.24, 2.45) is 4.99 Å². The number of nitrogens with zero attached hydrogens (tertiary/aromatic N) is 4. The van der Waals surface area contributed by atoms with Crippen LogP contribution in [0.1, 0.15) is 31.0 Å². The van der Waals surface area contributed by atoms with Gasteiger partial charge in [0.15, 0.2) is 16.3 Å². The molecule has 1 atom stereocenters. The highest BCUT2D eigenvalue weighted by Crippen LogP contribution is 2.38. The number of hydrogen-bond acceptors (Lipinski definition) is 11. The molecule has 1 unspecified atom stereocenters. The lowest BCUT2D eigenvalue weighted by atomic mass is 9.96. The Morgan fingerprint density at radius 2 is 1.75 bits per heavy atom. The van der Waals surface area contributed by atoms with Crippen molar-refractivity contribution in [3.63, 3.8) is 0 Å². The second kappa shape index (κ2) is 12.3. The zero-order chi connectivity index (χ0) is 31.5. The molecule has 0 fully saturated rings. The average molecular weight is 617 g/mol. The first-order valence-corrected chi connectivity index (χ1v) is 14.0. The van der Waals surface area contributed by atoms with Gasteiger partial charge in [0.1, 0.15) is 0 Å². The number of hydrogen-bond donors (Lipinski definition) is 0. The summed E-state index contributed by atoms with van der Waals surface area (Å²) in [7, 11) is 1.38. The first kappa shape index (κ1) is 29.8. The third-order valence-corrected chi connectivity index (χ3v) is 7.67. The van der Waals surface area contributed by atoms with E-state index in [2.05, 4.69) is 4.99 Å². The van der Waals surface area contributed by atoms with E-state index in [1.54, 1.807) is 32.1 Å². The molecule has 3 aromatic carbocycles. The Morgan fingerprint density at radius 1 is 1.02 bits per heavy atom. The van der Waals surface area contributed by atoms with E-state index in [-0.39, 0.29) is 35.0 Å². The average Bonchev–Trinajstić information content (AvgIpc) is 3.31. The van der Waals surface area contributed by atoms with E-state index in [4.69, 9.17) is 14.2 Å². The molecule has 224 valence electrons. The van der Waals surface area contributed by atoms with Gasteiger partial charge in [-0.25, -0.2) is 9.79 Å². The molecule has 1 aliphatic heterocycles. The summed E-state index contributed by atoms with van der Waals surface area (Å²) in [6.07, 6.45) is 1.63. The maximum absolute atomic E-state index is 13.8. The molecule has 5 rings (SSSR count). The fraction of sp³-hybridized carbons (Fsp3) is 0.167. The van der Waals surface area contributed by atoms with Crippen LogP contribution in [-0.2, 0) is 9.53 Å². The molecule has 13 nitrogen and oxygen atoms in total. The van der Waals surface area contributed by atoms with Gasteiger partial charge in [-0.15, -0.1) is 0 Å². The number of nitro benzene ring substituents is 2. The Kier molecular flexibility index (Phi) is 8.35. The number of nitro groups is 2. The molecule has 0 amide bonds. The number of methoxy groups -OCH3 is 1. The van der Waals surface area contributed by atoms with Crippen LogP contribution in [0.3, 0.4) is 0 Å². The molecule has 1 aromatic heterocycles. The van der Waals surface area contributed by atoms with Crippen molar-refractivity contribution in [2.75, 3.05) is 13.7 Å². The minimum atomic E-state index is -0.777. The van der Waals surface area contributed by atoms with E-state index in [9.17, 15) is 29.8 Å². The molecule has 0 aliphatic carbocycles. The Morgan fingerprint density at radius 3 is 2.41 bits per heavy atom. The lowest BCUT2D eigenvalue weighted by Crippen LogP contribution is -2.39. The summed E-state index contributed by atoms with van der Waals surface area (Å²) >= 11 is 1.16. The van der Waals surface area contributed by atoms with Gasteiger partial charge in [-0.1, -0.05) is 47.7 Å². The van der Waals surface area contributed by atoms with Gasteiger partial charge < -0.3 is 14.2 Å². The standard InChI is InChI=1S/C30H24N4O9S/c1-4-42-29(36)26-17(2)31-30-32(27(26)19-8-6-5-7-9-19)28(35)25(44-30)15-18-10-12-23(24(14-18)41-3)43-22-13-11-20(33(37)38)16-21(22)34(39)40/h5-16,27H,4H2,1-3H3. The molecular formula is C30H24N4O9S. The number of allylic oxidation sites excluding steroid dienone is 1. The predicted octanol–water partition coefficient (Wildman–Crippen LogP) is 4.42. The van der Waals surface area contributed by atoms with Gasteiger partial charge in [-0.2, -0.15) is 0 Å². The highest BCUT2D eigenvalue weighted by Gasteiger charge is 2.33. The number of thiazole rings is 1. The van der Waals surface area contributed by atoms with E-state index >= 15 is 0 Å². The molecule has 1 aliphatic rings. The molecule has 2 heterocycles. The van der Waals surface area contributed by atoms with Crippen LogP contribution in [0.2, 0.25) is 0 Å². The highest BCUT2D eigenvalue weighted by molar-refractivity contribution is 7.07. The zero-order valence-corrected chi connectivity index (χ0v) is 24.4. The summed E-state index contributed by atoms with van der Waals surface area (Å²) in [4.78, 5) is 52.9. The van der Waals surface area contributed by atoms with Crippen molar-refractivity contribution in [3.05, 3.63) is 129 Å². The van der Waals surface area contributed by atoms with Crippen molar-refractivity contribution < 1.29 is 28.9 Å². The monoisotopic (exact) mass is 616 g/mol. The summed E-state index contributed by atoms with van der Waals surface area (Å²) < 4.78 is 18.3. The van der Waals surface area contributed by atoms with Crippen molar-refractivity contribution in [1.29, 1.82) is 0 Å². The van der Waals surface area contributed by atoms with E-state index in [1.165, 1.54) is 17.7 Å². The van der Waals surface area contributed by atoms with E-state index in [0.29, 0.717) is 20.6 Å². The Bertz CT molecular complexity index is 2020. The van der Waals surface area contributed by atoms with Crippen LogP contribution in [0, 0.1) is 20.2 Å². The largest absolute Gasteiger partial charge is 0.493 e. The molecule has 14 heteroatoms. The molecule has 0 N–H and O–H groups in total. The summed E-state index contributed by atoms with van der Waals surface area (Å²) in [5.74, 6) is -0.456. The fourth-order valence-corrected chi connectivity index (χ4v) is 5.77. The van der Waals surface area contributed by atoms with Gasteiger partial charge in [-0.3, -0.25) is 29.6 Å². The predicted molar refractivity (Wildman–Crippen MR) is 160 cm³/mol. The third kappa shape index (κ3) is 5.70. The fourth-order valence-electron chi connectivity index (χ4n) is 4.72. The van der Waals surface area contributed by atoms with Gasteiger partial charge in [0, 0.05) is 6.07 Å². The van der Waals surface area contributed by atoms with Crippen LogP contribution in [0.5, 0.6) is 17.2 Å². The van der Waals surface area contributed by atoms with Crippen LogP contribution in [0.15, 0.2) is 87.8 Å². The number of esters is 1. The summed E-state index contributed by atoms with van der Waals surface area (Å²) in [5.41, 5.74) is 0.604. The maximum Gasteiger partial charge on any atom is 0.338 e. The van der Waals surface area contributed by atoms with E-state index < -0.39 is 33.2 Å². The van der Waals surface area contributed by atoms with Crippen molar-refractivity contribution in [3.8, 4) is 17.2 Å². The SMILES string of the molecule is CCOC(=O)C1=C(C)N=c2sc(=Cc3ccc(Oc4ccc([N+](=O)[O-])cc4[N+](=O)[O-])c(OC)c3)c(=O)n2C1c1ccccc1. The quantitative estimate of drug-likeness (QED) is 0.150. The van der Waals surface area contributed by atoms with E-state index in [1.807, 2.05) is 30.3 Å². The zero-order valence-electron chi connectivity index (χ0n) is 23.6. The minimum absolute atomic E-state index is 0.113. The number of carbonyl (C=O) groups is 1. The van der Waals surface area contributed by atoms with Gasteiger partial charge in [-0.05, 0) is 49.2 Å². The molecule has 44 heavy (non-hydrogen) atoms. The van der Waals surface area contributed by atoms with Gasteiger partial charge in [0.05, 0.1) is 51.5 Å². The third-order valence-electron chi connectivity index (χ3n) is 6.69. The molecular weight excluding hydrogens is 592 g/mol. The lowest BCUT2D eigenvalue weighted by molar-refractivity contribution is -0.394. The summed E-state index contributed by atoms with van der Waals surface area (Å²) in [6, 6.07) is 16.2. The lowest BCUT2D eigenvalue weighted by Gasteiger charge is -2.24. The van der Waals surface area contributed by atoms with Gasteiger partial charge >= 0.3 is 11.7 Å². The van der Waals surface area contributed by atoms with Crippen LogP contribution in [0.25, 0.3) is 6.08 Å². The van der Waals surface area contributed by atoms with Crippen LogP contribution in [0.4, 0.5) is 11.4 Å². The number of benzene rings is 3. The second-order valence-corrected chi connectivity index (χ2v) is 10.4. The van der Waals surface area contributed by atoms with Crippen LogP contribution < -0.4 is 24.4 Å². The number of rotatable bonds is 9. The Labute approximate surface area is 252 Å². The molecule has 0 saturated heterocycles. The Balaban J connectivity index is 1.56. The summed E-state index contributed by atoms with van der Waals surface area (Å²) in [5, 5.41) is 22.6. The van der Waals surface area contributed by atoms with Crippen LogP contribution in [-0.4, -0.2) is 34.1 Å². The highest BCUT2D eigenvalue weighted by atomic mass is 32.1. The molecule has 4 aromatic rings. The van der Waals surface area contributed by atoms with Crippen molar-refractivity contribution in [1.82, 2.24) is 4.57 Å². The number of ether oxygens (including phenoxy) is 3. The van der Waals surface area contributed by atoms with Gasteiger partial charge in [0.2, 0.25) is 5.75 Å². The number of carbonyl (C=O) groups excluding carboxylic acids is 1. The second-order valence-electron chi connectivity index (χ2n) is 9.39. The summed E-state index contributed by atoms with van der Waals surface area (Å²) in [6.45, 7) is 3.58. The molecule has 0 spiro atoms. The van der Waals surface area contributed by atoms with Crippen molar-refractivity contribution >= 4 is 34.8 Å². The topological polar surface area (TPSA) is 165 Å². The molecule has 0 saturated carbocycles. The van der Waals surface area contributed by atoms with E-state index in [0.717, 1.165) is 35.1 Å². The number of non-ortho nitro benzene ring substituents is 1. The smallest absolute Gasteiger partial charge is 0.338 e.